The third kappa shape index (κ3) is 3.57. The first-order chi connectivity index (χ1) is 10.3. The summed E-state index contributed by atoms with van der Waals surface area (Å²) in [6, 6.07) is 1.79. The van der Waals surface area contributed by atoms with E-state index in [4.69, 9.17) is 0 Å². The molecule has 7 nitrogen and oxygen atoms in total. The summed E-state index contributed by atoms with van der Waals surface area (Å²) in [5, 5.41) is 4.41. The van der Waals surface area contributed by atoms with Crippen LogP contribution < -0.4 is 10.2 Å². The second kappa shape index (κ2) is 6.66. The number of nitrogens with zero attached hydrogens (tertiary/aromatic N) is 6. The van der Waals surface area contributed by atoms with Gasteiger partial charge in [-0.1, -0.05) is 0 Å². The smallest absolute Gasteiger partial charge is 0.231 e. The summed E-state index contributed by atoms with van der Waals surface area (Å²) in [6.45, 7) is 4.80. The summed E-state index contributed by atoms with van der Waals surface area (Å²) in [6.07, 6.45) is 5.80. The lowest BCUT2D eigenvalue weighted by Gasteiger charge is -2.16. The van der Waals surface area contributed by atoms with Crippen LogP contribution in [0.25, 0.3) is 0 Å². The fraction of sp³-hybridized carbons (Fsp3) is 0.462. The van der Waals surface area contributed by atoms with Gasteiger partial charge >= 0.3 is 0 Å². The van der Waals surface area contributed by atoms with Crippen LogP contribution in [-0.4, -0.2) is 44.6 Å². The SMILES string of the molecule is CCNc1nc(Sc2ncccn2)nc(N2CCCC2)n1. The molecule has 0 amide bonds. The maximum absolute atomic E-state index is 4.54. The normalized spacial score (nSPS) is 14.4. The molecule has 3 rings (SSSR count). The van der Waals surface area contributed by atoms with Crippen molar-refractivity contribution in [1.82, 2.24) is 24.9 Å². The van der Waals surface area contributed by atoms with Gasteiger partial charge in [-0.05, 0) is 37.6 Å². The summed E-state index contributed by atoms with van der Waals surface area (Å²) in [7, 11) is 0. The fourth-order valence-electron chi connectivity index (χ4n) is 2.11. The average molecular weight is 303 g/mol. The highest BCUT2D eigenvalue weighted by atomic mass is 32.2. The standard InChI is InChI=1S/C13H17N7S/c1-2-14-10-17-11(20-8-3-4-9-20)19-13(18-10)21-12-15-6-5-7-16-12/h5-7H,2-4,8-9H2,1H3,(H,14,17,18,19). The van der Waals surface area contributed by atoms with Crippen LogP contribution in [0.1, 0.15) is 19.8 Å². The van der Waals surface area contributed by atoms with Crippen molar-refractivity contribution >= 4 is 23.7 Å². The van der Waals surface area contributed by atoms with E-state index < -0.39 is 0 Å². The Hall–Kier alpha value is -1.96. The molecule has 0 atom stereocenters. The van der Waals surface area contributed by atoms with Gasteiger partial charge in [0, 0.05) is 32.0 Å². The average Bonchev–Trinajstić information content (AvgIpc) is 3.03. The molecule has 1 fully saturated rings. The second-order valence-electron chi connectivity index (χ2n) is 4.60. The van der Waals surface area contributed by atoms with Gasteiger partial charge in [-0.15, -0.1) is 0 Å². The summed E-state index contributed by atoms with van der Waals surface area (Å²) in [5.41, 5.74) is 0. The molecule has 0 aliphatic carbocycles. The molecule has 0 saturated carbocycles. The minimum atomic E-state index is 0.604. The van der Waals surface area contributed by atoms with Crippen LogP contribution in [0.3, 0.4) is 0 Å². The number of hydrogen-bond acceptors (Lipinski definition) is 8. The monoisotopic (exact) mass is 303 g/mol. The van der Waals surface area contributed by atoms with E-state index in [1.54, 1.807) is 18.5 Å². The molecule has 0 unspecified atom stereocenters. The first kappa shape index (κ1) is 14.0. The van der Waals surface area contributed by atoms with Gasteiger partial charge in [-0.2, -0.15) is 15.0 Å². The molecule has 1 saturated heterocycles. The van der Waals surface area contributed by atoms with Crippen LogP contribution >= 0.6 is 11.8 Å². The van der Waals surface area contributed by atoms with Gasteiger partial charge in [0.05, 0.1) is 0 Å². The Morgan fingerprint density at radius 1 is 1.10 bits per heavy atom. The second-order valence-corrected chi connectivity index (χ2v) is 5.53. The molecule has 21 heavy (non-hydrogen) atoms. The van der Waals surface area contributed by atoms with Crippen molar-refractivity contribution in [1.29, 1.82) is 0 Å². The maximum atomic E-state index is 4.54. The Kier molecular flexibility index (Phi) is 4.44. The molecule has 8 heteroatoms. The molecule has 2 aromatic heterocycles. The zero-order valence-corrected chi connectivity index (χ0v) is 12.7. The third-order valence-corrected chi connectivity index (χ3v) is 3.81. The van der Waals surface area contributed by atoms with Gasteiger partial charge in [0.25, 0.3) is 0 Å². The summed E-state index contributed by atoms with van der Waals surface area (Å²) in [4.78, 5) is 24.0. The first-order valence-corrected chi connectivity index (χ1v) is 7.86. The minimum absolute atomic E-state index is 0.604. The number of rotatable bonds is 5. The third-order valence-electron chi connectivity index (χ3n) is 3.05. The first-order valence-electron chi connectivity index (χ1n) is 7.05. The number of anilines is 2. The lowest BCUT2D eigenvalue weighted by molar-refractivity contribution is 0.822. The zero-order chi connectivity index (χ0) is 14.5. The molecular formula is C13H17N7S. The zero-order valence-electron chi connectivity index (χ0n) is 11.9. The van der Waals surface area contributed by atoms with Gasteiger partial charge in [0.15, 0.2) is 5.16 Å². The molecule has 1 N–H and O–H groups in total. The number of aromatic nitrogens is 5. The van der Waals surface area contributed by atoms with E-state index in [9.17, 15) is 0 Å². The predicted octanol–water partition coefficient (Wildman–Crippen LogP) is 1.84. The molecule has 0 radical (unpaired) electrons. The molecular weight excluding hydrogens is 286 g/mol. The summed E-state index contributed by atoms with van der Waals surface area (Å²) in [5.74, 6) is 1.34. The molecule has 0 spiro atoms. The highest BCUT2D eigenvalue weighted by Crippen LogP contribution is 2.24. The minimum Gasteiger partial charge on any atom is -0.354 e. The van der Waals surface area contributed by atoms with E-state index in [1.165, 1.54) is 24.6 Å². The van der Waals surface area contributed by atoms with Gasteiger partial charge in [-0.25, -0.2) is 9.97 Å². The fourth-order valence-corrected chi connectivity index (χ4v) is 2.76. The van der Waals surface area contributed by atoms with Gasteiger partial charge in [-0.3, -0.25) is 0 Å². The Balaban J connectivity index is 1.87. The Morgan fingerprint density at radius 3 is 2.57 bits per heavy atom. The van der Waals surface area contributed by atoms with E-state index in [0.717, 1.165) is 25.6 Å². The molecule has 0 bridgehead atoms. The largest absolute Gasteiger partial charge is 0.354 e. The molecule has 3 heterocycles. The highest BCUT2D eigenvalue weighted by molar-refractivity contribution is 7.99. The van der Waals surface area contributed by atoms with E-state index in [2.05, 4.69) is 35.1 Å². The van der Waals surface area contributed by atoms with Crippen LogP contribution in [0, 0.1) is 0 Å². The van der Waals surface area contributed by atoms with Crippen LogP contribution in [0.5, 0.6) is 0 Å². The van der Waals surface area contributed by atoms with Crippen molar-refractivity contribution in [3.8, 4) is 0 Å². The maximum Gasteiger partial charge on any atom is 0.231 e. The van der Waals surface area contributed by atoms with Gasteiger partial charge < -0.3 is 10.2 Å². The van der Waals surface area contributed by atoms with Crippen molar-refractivity contribution < 1.29 is 0 Å². The van der Waals surface area contributed by atoms with E-state index in [0.29, 0.717) is 16.3 Å². The van der Waals surface area contributed by atoms with Gasteiger partial charge in [0.2, 0.25) is 17.1 Å². The molecule has 1 aliphatic rings. The van der Waals surface area contributed by atoms with Crippen molar-refractivity contribution in [3.05, 3.63) is 18.5 Å². The topological polar surface area (TPSA) is 79.7 Å². The summed E-state index contributed by atoms with van der Waals surface area (Å²) < 4.78 is 0. The van der Waals surface area contributed by atoms with E-state index in [1.807, 2.05) is 6.92 Å². The molecule has 1 aliphatic heterocycles. The summed E-state index contributed by atoms with van der Waals surface area (Å²) >= 11 is 1.35. The van der Waals surface area contributed by atoms with Crippen LogP contribution in [-0.2, 0) is 0 Å². The lowest BCUT2D eigenvalue weighted by Crippen LogP contribution is -2.21. The molecule has 0 aromatic carbocycles. The van der Waals surface area contributed by atoms with Crippen LogP contribution in [0.15, 0.2) is 28.8 Å². The van der Waals surface area contributed by atoms with Crippen molar-refractivity contribution in [2.75, 3.05) is 29.9 Å². The van der Waals surface area contributed by atoms with E-state index in [-0.39, 0.29) is 0 Å². The van der Waals surface area contributed by atoms with Gasteiger partial charge in [0.1, 0.15) is 0 Å². The number of nitrogens with one attached hydrogen (secondary N) is 1. The van der Waals surface area contributed by atoms with Crippen molar-refractivity contribution in [3.63, 3.8) is 0 Å². The lowest BCUT2D eigenvalue weighted by atomic mass is 10.4. The van der Waals surface area contributed by atoms with Crippen LogP contribution in [0.2, 0.25) is 0 Å². The molecule has 110 valence electrons. The molecule has 2 aromatic rings. The Morgan fingerprint density at radius 2 is 1.86 bits per heavy atom. The highest BCUT2D eigenvalue weighted by Gasteiger charge is 2.18. The van der Waals surface area contributed by atoms with E-state index >= 15 is 0 Å². The Labute approximate surface area is 127 Å². The predicted molar refractivity (Wildman–Crippen MR) is 81.6 cm³/mol. The van der Waals surface area contributed by atoms with Crippen LogP contribution in [0.4, 0.5) is 11.9 Å². The number of hydrogen-bond donors (Lipinski definition) is 1. The van der Waals surface area contributed by atoms with Crippen molar-refractivity contribution in [2.45, 2.75) is 30.1 Å². The quantitative estimate of drug-likeness (QED) is 0.838. The Bertz CT molecular complexity index is 586. The van der Waals surface area contributed by atoms with Crippen molar-refractivity contribution in [2.24, 2.45) is 0 Å².